The Hall–Kier alpha value is -1.69. The molecule has 96 valence electrons. The molecule has 0 spiro atoms. The first-order valence-corrected chi connectivity index (χ1v) is 6.43. The van der Waals surface area contributed by atoms with Crippen LogP contribution in [0.5, 0.6) is 5.75 Å². The average Bonchev–Trinajstić information content (AvgIpc) is 2.39. The number of aryl methyl sites for hydroxylation is 1. The Labute approximate surface area is 122 Å². The van der Waals surface area contributed by atoms with Crippen molar-refractivity contribution in [3.8, 4) is 11.8 Å². The number of nitriles is 1. The van der Waals surface area contributed by atoms with Crippen molar-refractivity contribution in [3.05, 3.63) is 63.1 Å². The van der Waals surface area contributed by atoms with E-state index in [1.165, 1.54) is 0 Å². The summed E-state index contributed by atoms with van der Waals surface area (Å²) >= 11 is 12.2. The molecule has 0 heterocycles. The number of nitrogens with zero attached hydrogens (tertiary/aromatic N) is 1. The summed E-state index contributed by atoms with van der Waals surface area (Å²) in [6.45, 7) is 2.28. The number of halogens is 2. The summed E-state index contributed by atoms with van der Waals surface area (Å²) in [5, 5.41) is 9.86. The maximum atomic E-state index is 8.77. The molecule has 0 fully saturated rings. The minimum absolute atomic E-state index is 0.313. The first kappa shape index (κ1) is 13.7. The summed E-state index contributed by atoms with van der Waals surface area (Å²) < 4.78 is 5.63. The van der Waals surface area contributed by atoms with Crippen LogP contribution in [-0.4, -0.2) is 0 Å². The Morgan fingerprint density at radius 1 is 1.11 bits per heavy atom. The lowest BCUT2D eigenvalue weighted by atomic mass is 10.1. The zero-order chi connectivity index (χ0) is 13.8. The molecular formula is C15H11Cl2NO. The summed E-state index contributed by atoms with van der Waals surface area (Å²) in [5.74, 6) is 0.618. The molecule has 0 aliphatic heterocycles. The number of benzene rings is 2. The maximum Gasteiger partial charge on any atom is 0.138 e. The van der Waals surface area contributed by atoms with Gasteiger partial charge in [-0.15, -0.1) is 0 Å². The van der Waals surface area contributed by atoms with Crippen LogP contribution in [0.3, 0.4) is 0 Å². The van der Waals surface area contributed by atoms with Gasteiger partial charge in [-0.05, 0) is 36.8 Å². The standard InChI is InChI=1S/C15H11Cl2NO/c1-10-2-5-15(14(17)6-10)19-9-12-4-3-11(8-18)7-13(12)16/h2-7H,9H2,1H3. The number of rotatable bonds is 3. The summed E-state index contributed by atoms with van der Waals surface area (Å²) in [6, 6.07) is 12.8. The highest BCUT2D eigenvalue weighted by Crippen LogP contribution is 2.27. The summed E-state index contributed by atoms with van der Waals surface area (Å²) in [7, 11) is 0. The maximum absolute atomic E-state index is 8.77. The van der Waals surface area contributed by atoms with Gasteiger partial charge in [-0.1, -0.05) is 35.3 Å². The van der Waals surface area contributed by atoms with E-state index in [9.17, 15) is 0 Å². The predicted octanol–water partition coefficient (Wildman–Crippen LogP) is 4.75. The molecule has 0 aliphatic carbocycles. The van der Waals surface area contributed by atoms with Crippen LogP contribution >= 0.6 is 23.2 Å². The van der Waals surface area contributed by atoms with E-state index < -0.39 is 0 Å². The van der Waals surface area contributed by atoms with Gasteiger partial charge in [0.05, 0.1) is 16.7 Å². The first-order valence-electron chi connectivity index (χ1n) is 5.67. The largest absolute Gasteiger partial charge is 0.487 e. The molecule has 2 nitrogen and oxygen atoms in total. The highest BCUT2D eigenvalue weighted by atomic mass is 35.5. The monoisotopic (exact) mass is 291 g/mol. The van der Waals surface area contributed by atoms with Crippen LogP contribution in [0.25, 0.3) is 0 Å². The first-order chi connectivity index (χ1) is 9.10. The quantitative estimate of drug-likeness (QED) is 0.817. The van der Waals surface area contributed by atoms with Crippen LogP contribution in [0.1, 0.15) is 16.7 Å². The second kappa shape index (κ2) is 5.97. The van der Waals surface area contributed by atoms with Crippen molar-refractivity contribution in [1.29, 1.82) is 5.26 Å². The van der Waals surface area contributed by atoms with Crippen molar-refractivity contribution in [3.63, 3.8) is 0 Å². The normalized spacial score (nSPS) is 10.0. The van der Waals surface area contributed by atoms with E-state index in [1.807, 2.05) is 31.2 Å². The second-order valence-electron chi connectivity index (χ2n) is 4.14. The lowest BCUT2D eigenvalue weighted by Gasteiger charge is -2.10. The van der Waals surface area contributed by atoms with Gasteiger partial charge in [-0.25, -0.2) is 0 Å². The lowest BCUT2D eigenvalue weighted by molar-refractivity contribution is 0.306. The highest BCUT2D eigenvalue weighted by Gasteiger charge is 2.05. The SMILES string of the molecule is Cc1ccc(OCc2ccc(C#N)cc2Cl)c(Cl)c1. The van der Waals surface area contributed by atoms with E-state index in [2.05, 4.69) is 0 Å². The Kier molecular flexibility index (Phi) is 4.31. The van der Waals surface area contributed by atoms with Crippen molar-refractivity contribution in [2.75, 3.05) is 0 Å². The molecule has 2 aromatic rings. The van der Waals surface area contributed by atoms with Crippen molar-refractivity contribution in [2.45, 2.75) is 13.5 Å². The predicted molar refractivity (Wildman–Crippen MR) is 76.7 cm³/mol. The number of hydrogen-bond acceptors (Lipinski definition) is 2. The third-order valence-corrected chi connectivity index (χ3v) is 3.30. The smallest absolute Gasteiger partial charge is 0.138 e. The molecule has 0 N–H and O–H groups in total. The third kappa shape index (κ3) is 3.41. The Morgan fingerprint density at radius 3 is 2.53 bits per heavy atom. The van der Waals surface area contributed by atoms with Gasteiger partial charge in [-0.2, -0.15) is 5.26 Å². The molecule has 0 bridgehead atoms. The summed E-state index contributed by atoms with van der Waals surface area (Å²) in [5.41, 5.74) is 2.42. The second-order valence-corrected chi connectivity index (χ2v) is 4.95. The molecule has 0 aliphatic rings. The van der Waals surface area contributed by atoms with Crippen molar-refractivity contribution < 1.29 is 4.74 Å². The molecule has 0 saturated heterocycles. The van der Waals surface area contributed by atoms with E-state index in [4.69, 9.17) is 33.2 Å². The van der Waals surface area contributed by atoms with Crippen molar-refractivity contribution in [2.24, 2.45) is 0 Å². The topological polar surface area (TPSA) is 33.0 Å². The summed E-state index contributed by atoms with van der Waals surface area (Å²) in [4.78, 5) is 0. The molecule has 2 rings (SSSR count). The fourth-order valence-corrected chi connectivity index (χ4v) is 2.14. The highest BCUT2D eigenvalue weighted by molar-refractivity contribution is 6.32. The van der Waals surface area contributed by atoms with Gasteiger partial charge in [0.15, 0.2) is 0 Å². The zero-order valence-corrected chi connectivity index (χ0v) is 11.8. The van der Waals surface area contributed by atoms with E-state index >= 15 is 0 Å². The minimum atomic E-state index is 0.313. The molecule has 0 amide bonds. The molecule has 0 atom stereocenters. The molecule has 4 heteroatoms. The molecule has 0 aromatic heterocycles. The Morgan fingerprint density at radius 2 is 1.89 bits per heavy atom. The molecule has 2 aromatic carbocycles. The van der Waals surface area contributed by atoms with E-state index in [1.54, 1.807) is 18.2 Å². The van der Waals surface area contributed by atoms with Crippen LogP contribution in [0, 0.1) is 18.3 Å². The van der Waals surface area contributed by atoms with Crippen LogP contribution in [0.4, 0.5) is 0 Å². The van der Waals surface area contributed by atoms with Gasteiger partial charge in [-0.3, -0.25) is 0 Å². The van der Waals surface area contributed by atoms with Crippen molar-refractivity contribution in [1.82, 2.24) is 0 Å². The molecule has 19 heavy (non-hydrogen) atoms. The lowest BCUT2D eigenvalue weighted by Crippen LogP contribution is -1.97. The average molecular weight is 292 g/mol. The van der Waals surface area contributed by atoms with Gasteiger partial charge < -0.3 is 4.74 Å². The Balaban J connectivity index is 2.13. The van der Waals surface area contributed by atoms with E-state index in [0.29, 0.717) is 28.0 Å². The molecular weight excluding hydrogens is 281 g/mol. The summed E-state index contributed by atoms with van der Waals surface area (Å²) in [6.07, 6.45) is 0. The van der Waals surface area contributed by atoms with Gasteiger partial charge in [0.2, 0.25) is 0 Å². The fraction of sp³-hybridized carbons (Fsp3) is 0.133. The van der Waals surface area contributed by atoms with Crippen LogP contribution in [0.15, 0.2) is 36.4 Å². The van der Waals surface area contributed by atoms with Gasteiger partial charge in [0.1, 0.15) is 12.4 Å². The number of ether oxygens (including phenoxy) is 1. The van der Waals surface area contributed by atoms with E-state index in [-0.39, 0.29) is 0 Å². The van der Waals surface area contributed by atoms with E-state index in [0.717, 1.165) is 11.1 Å². The third-order valence-electron chi connectivity index (χ3n) is 2.65. The van der Waals surface area contributed by atoms with Crippen LogP contribution < -0.4 is 4.74 Å². The molecule has 0 unspecified atom stereocenters. The fourth-order valence-electron chi connectivity index (χ4n) is 1.61. The van der Waals surface area contributed by atoms with Gasteiger partial charge in [0, 0.05) is 10.6 Å². The van der Waals surface area contributed by atoms with Crippen LogP contribution in [0.2, 0.25) is 10.0 Å². The van der Waals surface area contributed by atoms with Gasteiger partial charge in [0.25, 0.3) is 0 Å². The number of hydrogen-bond donors (Lipinski definition) is 0. The minimum Gasteiger partial charge on any atom is -0.487 e. The molecule has 0 saturated carbocycles. The van der Waals surface area contributed by atoms with Crippen LogP contribution in [-0.2, 0) is 6.61 Å². The molecule has 0 radical (unpaired) electrons. The zero-order valence-electron chi connectivity index (χ0n) is 10.3. The van der Waals surface area contributed by atoms with Crippen molar-refractivity contribution >= 4 is 23.2 Å². The Bertz CT molecular complexity index is 647. The van der Waals surface area contributed by atoms with Gasteiger partial charge >= 0.3 is 0 Å².